The van der Waals surface area contributed by atoms with Crippen molar-refractivity contribution in [1.82, 2.24) is 0 Å². The molecule has 2 rings (SSSR count). The van der Waals surface area contributed by atoms with E-state index in [0.29, 0.717) is 0 Å². The molecule has 0 spiro atoms. The fourth-order valence-electron chi connectivity index (χ4n) is 1.85. The van der Waals surface area contributed by atoms with Gasteiger partial charge in [0.05, 0.1) is 5.02 Å². The number of nitrogens with one attached hydrogen (secondary N) is 1. The van der Waals surface area contributed by atoms with Gasteiger partial charge in [0, 0.05) is 16.7 Å². The number of para-hydroxylation sites is 1. The van der Waals surface area contributed by atoms with Crippen molar-refractivity contribution in [3.63, 3.8) is 0 Å². The van der Waals surface area contributed by atoms with Crippen LogP contribution in [0.2, 0.25) is 5.02 Å². The first kappa shape index (κ1) is 13.4. The number of anilines is 1. The predicted octanol–water partition coefficient (Wildman–Crippen LogP) is 5.28. The third-order valence-corrected chi connectivity index (χ3v) is 4.10. The molecule has 0 heterocycles. The number of aryl methyl sites for hydroxylation is 1. The number of rotatable bonds is 4. The molecule has 0 radical (unpaired) electrons. The lowest BCUT2D eigenvalue weighted by Crippen LogP contribution is -2.01. The quantitative estimate of drug-likeness (QED) is 0.807. The van der Waals surface area contributed by atoms with Crippen LogP contribution in [0.25, 0.3) is 0 Å². The minimum absolute atomic E-state index is 0.748. The molecule has 2 aromatic rings. The summed E-state index contributed by atoms with van der Waals surface area (Å²) in [6.07, 6.45) is 1.03. The third-order valence-electron chi connectivity index (χ3n) is 2.87. The Labute approximate surface area is 121 Å². The van der Waals surface area contributed by atoms with Crippen LogP contribution < -0.4 is 5.32 Å². The molecule has 0 amide bonds. The Kier molecular flexibility index (Phi) is 4.67. The van der Waals surface area contributed by atoms with Crippen LogP contribution in [-0.2, 0) is 13.0 Å². The molecule has 94 valence electrons. The Morgan fingerprint density at radius 1 is 1.17 bits per heavy atom. The SMILES string of the molecule is CCc1ccccc1NCc1ccc(Br)c(Cl)c1. The second kappa shape index (κ2) is 6.26. The van der Waals surface area contributed by atoms with Gasteiger partial charge >= 0.3 is 0 Å². The summed E-state index contributed by atoms with van der Waals surface area (Å²) >= 11 is 9.48. The normalized spacial score (nSPS) is 10.4. The van der Waals surface area contributed by atoms with Crippen LogP contribution in [0.1, 0.15) is 18.1 Å². The number of hydrogen-bond donors (Lipinski definition) is 1. The smallest absolute Gasteiger partial charge is 0.0551 e. The summed E-state index contributed by atoms with van der Waals surface area (Å²) in [7, 11) is 0. The summed E-state index contributed by atoms with van der Waals surface area (Å²) in [5.74, 6) is 0. The summed E-state index contributed by atoms with van der Waals surface area (Å²) in [6.45, 7) is 2.95. The monoisotopic (exact) mass is 323 g/mol. The summed E-state index contributed by atoms with van der Waals surface area (Å²) < 4.78 is 0.932. The molecule has 0 aromatic heterocycles. The van der Waals surface area contributed by atoms with Crippen LogP contribution in [0, 0.1) is 0 Å². The van der Waals surface area contributed by atoms with Crippen molar-refractivity contribution in [1.29, 1.82) is 0 Å². The van der Waals surface area contributed by atoms with Gasteiger partial charge in [-0.05, 0) is 51.7 Å². The van der Waals surface area contributed by atoms with Gasteiger partial charge < -0.3 is 5.32 Å². The molecular weight excluding hydrogens is 310 g/mol. The van der Waals surface area contributed by atoms with Crippen molar-refractivity contribution in [3.8, 4) is 0 Å². The van der Waals surface area contributed by atoms with Crippen LogP contribution in [0.4, 0.5) is 5.69 Å². The van der Waals surface area contributed by atoms with Gasteiger partial charge in [-0.3, -0.25) is 0 Å². The van der Waals surface area contributed by atoms with E-state index >= 15 is 0 Å². The zero-order valence-electron chi connectivity index (χ0n) is 10.2. The van der Waals surface area contributed by atoms with E-state index in [9.17, 15) is 0 Å². The molecule has 0 saturated heterocycles. The average Bonchev–Trinajstić information content (AvgIpc) is 2.40. The van der Waals surface area contributed by atoms with Crippen LogP contribution >= 0.6 is 27.5 Å². The molecule has 1 nitrogen and oxygen atoms in total. The summed E-state index contributed by atoms with van der Waals surface area (Å²) in [5.41, 5.74) is 3.70. The summed E-state index contributed by atoms with van der Waals surface area (Å²) in [5, 5.41) is 4.20. The van der Waals surface area contributed by atoms with Gasteiger partial charge in [-0.15, -0.1) is 0 Å². The van der Waals surface area contributed by atoms with E-state index in [0.717, 1.165) is 22.5 Å². The molecular formula is C15H15BrClN. The van der Waals surface area contributed by atoms with Gasteiger partial charge in [-0.25, -0.2) is 0 Å². The zero-order valence-corrected chi connectivity index (χ0v) is 12.6. The fraction of sp³-hybridized carbons (Fsp3) is 0.200. The molecule has 1 N–H and O–H groups in total. The van der Waals surface area contributed by atoms with E-state index in [2.05, 4.69) is 58.5 Å². The van der Waals surface area contributed by atoms with Crippen LogP contribution in [0.15, 0.2) is 46.9 Å². The Morgan fingerprint density at radius 3 is 2.67 bits per heavy atom. The first-order valence-corrected chi connectivity index (χ1v) is 7.13. The lowest BCUT2D eigenvalue weighted by atomic mass is 10.1. The maximum Gasteiger partial charge on any atom is 0.0551 e. The van der Waals surface area contributed by atoms with Crippen molar-refractivity contribution in [2.24, 2.45) is 0 Å². The molecule has 0 atom stereocenters. The molecule has 0 aliphatic heterocycles. The number of benzene rings is 2. The minimum atomic E-state index is 0.748. The van der Waals surface area contributed by atoms with E-state index in [4.69, 9.17) is 11.6 Å². The van der Waals surface area contributed by atoms with Gasteiger partial charge in [0.25, 0.3) is 0 Å². The highest BCUT2D eigenvalue weighted by Gasteiger charge is 2.01. The molecule has 0 fully saturated rings. The van der Waals surface area contributed by atoms with Crippen molar-refractivity contribution in [2.75, 3.05) is 5.32 Å². The Hall–Kier alpha value is -0.990. The Bertz CT molecular complexity index is 540. The maximum atomic E-state index is 6.08. The molecule has 0 bridgehead atoms. The average molecular weight is 325 g/mol. The second-order valence-corrected chi connectivity index (χ2v) is 5.37. The molecule has 3 heteroatoms. The van der Waals surface area contributed by atoms with Crippen molar-refractivity contribution in [2.45, 2.75) is 19.9 Å². The first-order valence-electron chi connectivity index (χ1n) is 5.96. The fourth-order valence-corrected chi connectivity index (χ4v) is 2.30. The van der Waals surface area contributed by atoms with Crippen LogP contribution in [0.3, 0.4) is 0 Å². The molecule has 18 heavy (non-hydrogen) atoms. The largest absolute Gasteiger partial charge is 0.381 e. The third kappa shape index (κ3) is 3.27. The number of hydrogen-bond acceptors (Lipinski definition) is 1. The first-order chi connectivity index (χ1) is 8.70. The molecule has 2 aromatic carbocycles. The van der Waals surface area contributed by atoms with E-state index in [1.165, 1.54) is 16.8 Å². The molecule has 0 aliphatic rings. The van der Waals surface area contributed by atoms with Gasteiger partial charge in [-0.2, -0.15) is 0 Å². The van der Waals surface area contributed by atoms with Crippen LogP contribution in [-0.4, -0.2) is 0 Å². The van der Waals surface area contributed by atoms with Crippen molar-refractivity contribution in [3.05, 3.63) is 63.1 Å². The van der Waals surface area contributed by atoms with E-state index in [-0.39, 0.29) is 0 Å². The lowest BCUT2D eigenvalue weighted by molar-refractivity contribution is 1.09. The van der Waals surface area contributed by atoms with Gasteiger partial charge in [0.2, 0.25) is 0 Å². The molecule has 0 saturated carbocycles. The number of halogens is 2. The highest BCUT2D eigenvalue weighted by molar-refractivity contribution is 9.10. The standard InChI is InChI=1S/C15H15BrClN/c1-2-12-5-3-4-6-15(12)18-10-11-7-8-13(16)14(17)9-11/h3-9,18H,2,10H2,1H3. The maximum absolute atomic E-state index is 6.08. The predicted molar refractivity (Wildman–Crippen MR) is 82.3 cm³/mol. The van der Waals surface area contributed by atoms with E-state index < -0.39 is 0 Å². The van der Waals surface area contributed by atoms with Gasteiger partial charge in [0.1, 0.15) is 0 Å². The highest BCUT2D eigenvalue weighted by Crippen LogP contribution is 2.24. The second-order valence-electron chi connectivity index (χ2n) is 4.11. The molecule has 0 aliphatic carbocycles. The van der Waals surface area contributed by atoms with Crippen LogP contribution in [0.5, 0.6) is 0 Å². The topological polar surface area (TPSA) is 12.0 Å². The zero-order chi connectivity index (χ0) is 13.0. The van der Waals surface area contributed by atoms with Crippen molar-refractivity contribution >= 4 is 33.2 Å². The van der Waals surface area contributed by atoms with E-state index in [1.54, 1.807) is 0 Å². The Morgan fingerprint density at radius 2 is 1.94 bits per heavy atom. The van der Waals surface area contributed by atoms with E-state index in [1.807, 2.05) is 12.1 Å². The Balaban J connectivity index is 2.09. The summed E-state index contributed by atoms with van der Waals surface area (Å²) in [4.78, 5) is 0. The summed E-state index contributed by atoms with van der Waals surface area (Å²) in [6, 6.07) is 14.4. The minimum Gasteiger partial charge on any atom is -0.381 e. The lowest BCUT2D eigenvalue weighted by Gasteiger charge is -2.11. The van der Waals surface area contributed by atoms with Gasteiger partial charge in [-0.1, -0.05) is 42.8 Å². The van der Waals surface area contributed by atoms with Crippen molar-refractivity contribution < 1.29 is 0 Å². The highest BCUT2D eigenvalue weighted by atomic mass is 79.9. The van der Waals surface area contributed by atoms with Gasteiger partial charge in [0.15, 0.2) is 0 Å². The molecule has 0 unspecified atom stereocenters.